The maximum atomic E-state index is 12.9. The van der Waals surface area contributed by atoms with Crippen LogP contribution in [0.3, 0.4) is 0 Å². The fourth-order valence-corrected chi connectivity index (χ4v) is 3.14. The van der Waals surface area contributed by atoms with Gasteiger partial charge in [0.1, 0.15) is 5.75 Å². The average Bonchev–Trinajstić information content (AvgIpc) is 2.98. The van der Waals surface area contributed by atoms with Gasteiger partial charge in [0.05, 0.1) is 23.4 Å². The lowest BCUT2D eigenvalue weighted by atomic mass is 10.1. The van der Waals surface area contributed by atoms with Crippen LogP contribution in [-0.4, -0.2) is 44.0 Å². The molecule has 1 aliphatic heterocycles. The number of hydrogen-bond acceptors (Lipinski definition) is 5. The summed E-state index contributed by atoms with van der Waals surface area (Å²) < 4.78 is 5.40. The van der Waals surface area contributed by atoms with Crippen molar-refractivity contribution in [3.63, 3.8) is 0 Å². The first kappa shape index (κ1) is 23.4. The SMILES string of the molecule is CCCNCCNC(=O)c1ccc2c(c1)C(=O)N(c1ccc(OCC)cc1)C2=O.Cl. The van der Waals surface area contributed by atoms with E-state index in [-0.39, 0.29) is 23.9 Å². The van der Waals surface area contributed by atoms with Gasteiger partial charge in [0.15, 0.2) is 0 Å². The summed E-state index contributed by atoms with van der Waals surface area (Å²) in [6.45, 7) is 6.55. The van der Waals surface area contributed by atoms with E-state index in [9.17, 15) is 14.4 Å². The van der Waals surface area contributed by atoms with Crippen LogP contribution in [-0.2, 0) is 0 Å². The minimum Gasteiger partial charge on any atom is -0.494 e. The van der Waals surface area contributed by atoms with Crippen LogP contribution >= 0.6 is 12.4 Å². The Morgan fingerprint density at radius 2 is 1.63 bits per heavy atom. The standard InChI is InChI=1S/C22H25N3O4.ClH/c1-3-11-23-12-13-24-20(26)15-5-10-18-19(14-15)22(28)25(21(18)27)16-6-8-17(9-7-16)29-4-2;/h5-10,14,23H,3-4,11-13H2,1-2H3,(H,24,26);1H. The summed E-state index contributed by atoms with van der Waals surface area (Å²) in [4.78, 5) is 39.1. The summed E-state index contributed by atoms with van der Waals surface area (Å²) >= 11 is 0. The number of nitrogens with one attached hydrogen (secondary N) is 2. The van der Waals surface area contributed by atoms with E-state index in [1.165, 1.54) is 12.1 Å². The molecule has 7 nitrogen and oxygen atoms in total. The molecule has 3 amide bonds. The second kappa shape index (κ2) is 10.8. The van der Waals surface area contributed by atoms with Gasteiger partial charge in [0.25, 0.3) is 17.7 Å². The third-order valence-electron chi connectivity index (χ3n) is 4.57. The zero-order valence-corrected chi connectivity index (χ0v) is 17.9. The molecule has 2 N–H and O–H groups in total. The van der Waals surface area contributed by atoms with Gasteiger partial charge in [-0.2, -0.15) is 0 Å². The molecule has 30 heavy (non-hydrogen) atoms. The van der Waals surface area contributed by atoms with Crippen molar-refractivity contribution >= 4 is 35.8 Å². The van der Waals surface area contributed by atoms with Crippen LogP contribution in [0, 0.1) is 0 Å². The Morgan fingerprint density at radius 3 is 2.30 bits per heavy atom. The molecule has 8 heteroatoms. The number of rotatable bonds is 9. The lowest BCUT2D eigenvalue weighted by Crippen LogP contribution is -2.32. The number of imide groups is 1. The van der Waals surface area contributed by atoms with Crippen LogP contribution in [0.15, 0.2) is 42.5 Å². The Bertz CT molecular complexity index is 915. The fraction of sp³-hybridized carbons (Fsp3) is 0.318. The number of halogens is 1. The molecular formula is C22H26ClN3O4. The van der Waals surface area contributed by atoms with Gasteiger partial charge in [-0.3, -0.25) is 14.4 Å². The number of amides is 3. The molecule has 0 aromatic heterocycles. The van der Waals surface area contributed by atoms with E-state index in [0.717, 1.165) is 17.9 Å². The number of nitrogens with zero attached hydrogens (tertiary/aromatic N) is 1. The second-order valence-corrected chi connectivity index (χ2v) is 6.64. The number of hydrogen-bond donors (Lipinski definition) is 2. The molecule has 0 bridgehead atoms. The zero-order chi connectivity index (χ0) is 20.8. The molecule has 2 aromatic rings. The highest BCUT2D eigenvalue weighted by Crippen LogP contribution is 2.30. The van der Waals surface area contributed by atoms with E-state index in [2.05, 4.69) is 17.6 Å². The molecule has 1 heterocycles. The van der Waals surface area contributed by atoms with Crippen molar-refractivity contribution in [2.24, 2.45) is 0 Å². The van der Waals surface area contributed by atoms with Crippen LogP contribution in [0.5, 0.6) is 5.75 Å². The number of anilines is 1. The van der Waals surface area contributed by atoms with Gasteiger partial charge in [0.2, 0.25) is 0 Å². The van der Waals surface area contributed by atoms with Crippen molar-refractivity contribution in [1.29, 1.82) is 0 Å². The maximum absolute atomic E-state index is 12.9. The lowest BCUT2D eigenvalue weighted by Gasteiger charge is -2.14. The Morgan fingerprint density at radius 1 is 0.933 bits per heavy atom. The zero-order valence-electron chi connectivity index (χ0n) is 17.1. The second-order valence-electron chi connectivity index (χ2n) is 6.64. The van der Waals surface area contributed by atoms with Crippen molar-refractivity contribution in [3.8, 4) is 5.75 Å². The Hall–Kier alpha value is -2.90. The molecular weight excluding hydrogens is 406 g/mol. The topological polar surface area (TPSA) is 87.7 Å². The van der Waals surface area contributed by atoms with Gasteiger partial charge in [-0.1, -0.05) is 6.92 Å². The van der Waals surface area contributed by atoms with Crippen LogP contribution in [0.25, 0.3) is 0 Å². The fourth-order valence-electron chi connectivity index (χ4n) is 3.14. The minimum absolute atomic E-state index is 0. The van der Waals surface area contributed by atoms with E-state index in [0.29, 0.717) is 42.3 Å². The summed E-state index contributed by atoms with van der Waals surface area (Å²) in [6, 6.07) is 11.4. The molecule has 0 aliphatic carbocycles. The van der Waals surface area contributed by atoms with Crippen molar-refractivity contribution in [3.05, 3.63) is 59.2 Å². The molecule has 2 aromatic carbocycles. The van der Waals surface area contributed by atoms with Crippen LogP contribution in [0.4, 0.5) is 5.69 Å². The summed E-state index contributed by atoms with van der Waals surface area (Å²) in [6.07, 6.45) is 1.03. The number of benzene rings is 2. The molecule has 0 atom stereocenters. The van der Waals surface area contributed by atoms with Crippen LogP contribution in [0.2, 0.25) is 0 Å². The smallest absolute Gasteiger partial charge is 0.266 e. The molecule has 160 valence electrons. The highest BCUT2D eigenvalue weighted by atomic mass is 35.5. The van der Waals surface area contributed by atoms with E-state index < -0.39 is 11.8 Å². The van der Waals surface area contributed by atoms with E-state index >= 15 is 0 Å². The maximum Gasteiger partial charge on any atom is 0.266 e. The number of ether oxygens (including phenoxy) is 1. The van der Waals surface area contributed by atoms with Gasteiger partial charge in [-0.05, 0) is 62.4 Å². The first-order valence-corrected chi connectivity index (χ1v) is 9.81. The van der Waals surface area contributed by atoms with Gasteiger partial charge < -0.3 is 15.4 Å². The van der Waals surface area contributed by atoms with Crippen molar-refractivity contribution in [2.75, 3.05) is 31.1 Å². The molecule has 0 spiro atoms. The van der Waals surface area contributed by atoms with Gasteiger partial charge in [-0.25, -0.2) is 4.90 Å². The van der Waals surface area contributed by atoms with Crippen molar-refractivity contribution in [2.45, 2.75) is 20.3 Å². The summed E-state index contributed by atoms with van der Waals surface area (Å²) in [5.74, 6) is -0.440. The predicted molar refractivity (Wildman–Crippen MR) is 118 cm³/mol. The predicted octanol–water partition coefficient (Wildman–Crippen LogP) is 3.04. The average molecular weight is 432 g/mol. The quantitative estimate of drug-likeness (QED) is 0.470. The molecule has 0 unspecified atom stereocenters. The van der Waals surface area contributed by atoms with E-state index in [4.69, 9.17) is 4.74 Å². The molecule has 0 saturated carbocycles. The first-order chi connectivity index (χ1) is 14.1. The van der Waals surface area contributed by atoms with Crippen molar-refractivity contribution in [1.82, 2.24) is 10.6 Å². The summed E-state index contributed by atoms with van der Waals surface area (Å²) in [5, 5.41) is 6.01. The van der Waals surface area contributed by atoms with Crippen LogP contribution in [0.1, 0.15) is 51.3 Å². The minimum atomic E-state index is -0.437. The molecule has 0 fully saturated rings. The lowest BCUT2D eigenvalue weighted by molar-refractivity contribution is 0.0923. The van der Waals surface area contributed by atoms with E-state index in [1.807, 2.05) is 6.92 Å². The first-order valence-electron chi connectivity index (χ1n) is 9.81. The third-order valence-corrected chi connectivity index (χ3v) is 4.57. The number of fused-ring (bicyclic) bond motifs is 1. The van der Waals surface area contributed by atoms with Gasteiger partial charge in [-0.15, -0.1) is 12.4 Å². The Balaban J connectivity index is 0.00000320. The molecule has 0 saturated heterocycles. The highest BCUT2D eigenvalue weighted by Gasteiger charge is 2.37. The van der Waals surface area contributed by atoms with E-state index in [1.54, 1.807) is 30.3 Å². The van der Waals surface area contributed by atoms with Crippen molar-refractivity contribution < 1.29 is 19.1 Å². The normalized spacial score (nSPS) is 12.4. The Kier molecular flexibility index (Phi) is 8.38. The Labute approximate surface area is 182 Å². The van der Waals surface area contributed by atoms with Crippen LogP contribution < -0.4 is 20.3 Å². The largest absolute Gasteiger partial charge is 0.494 e. The van der Waals surface area contributed by atoms with Gasteiger partial charge in [0, 0.05) is 18.7 Å². The van der Waals surface area contributed by atoms with Gasteiger partial charge >= 0.3 is 0 Å². The molecule has 1 aliphatic rings. The number of carbonyl (C=O) groups excluding carboxylic acids is 3. The molecule has 0 radical (unpaired) electrons. The summed E-state index contributed by atoms with van der Waals surface area (Å²) in [7, 11) is 0. The number of carbonyl (C=O) groups is 3. The summed E-state index contributed by atoms with van der Waals surface area (Å²) in [5.41, 5.74) is 1.35. The highest BCUT2D eigenvalue weighted by molar-refractivity contribution is 6.34. The monoisotopic (exact) mass is 431 g/mol. The molecule has 3 rings (SSSR count). The third kappa shape index (κ3) is 4.98.